The van der Waals surface area contributed by atoms with Crippen LogP contribution >= 0.6 is 23.1 Å². The molecule has 1 heterocycles. The van der Waals surface area contributed by atoms with Gasteiger partial charge in [-0.2, -0.15) is 11.3 Å². The minimum absolute atomic E-state index is 0.00617. The van der Waals surface area contributed by atoms with Gasteiger partial charge in [-0.25, -0.2) is 18.0 Å². The lowest BCUT2D eigenvalue weighted by Crippen LogP contribution is -2.70. The highest BCUT2D eigenvalue weighted by Gasteiger charge is 2.78. The molecule has 10 heteroatoms. The highest BCUT2D eigenvalue weighted by molar-refractivity contribution is 8.13. The Balaban J connectivity index is 1.64. The fourth-order valence-electron chi connectivity index (χ4n) is 7.96. The number of aliphatic hydroxyl groups is 1. The molecule has 0 unspecified atom stereocenters. The second kappa shape index (κ2) is 8.81. The first-order chi connectivity index (χ1) is 17.4. The number of aliphatic hydroxyl groups excluding tert-OH is 1. The Labute approximate surface area is 221 Å². The molecule has 1 N–H and O–H groups in total. The topological polar surface area (TPSA) is 80.7 Å². The molecule has 0 bridgehead atoms. The Bertz CT molecular complexity index is 1200. The lowest BCUT2D eigenvalue weighted by Gasteiger charge is -2.63. The standard InChI is InChI=1S/C27H29F3O5S2/c1-14-8-17-18-10-20(29)19-9-16(31)4-6-24(19,2)26(18,30)21(32)11-25(17,3)27(14,23(34)37-13-28)35-22(33)15-5-7-36-12-15/h4-7,9,12,14,17-18,20-21,32H,8,10-11,13H2,1-3H3/t14-,17+,18+,20+,21+,24+,25+,26+,27+/m1/s1. The molecule has 5 nitrogen and oxygen atoms in total. The number of ether oxygens (including phenoxy) is 1. The number of hydrogen-bond donors (Lipinski definition) is 1. The van der Waals surface area contributed by atoms with E-state index in [2.05, 4.69) is 0 Å². The molecule has 0 radical (unpaired) electrons. The number of carbonyl (C=O) groups excluding carboxylic acids is 3. The summed E-state index contributed by atoms with van der Waals surface area (Å²) in [6, 6.07) is 0.510. The lowest BCUT2D eigenvalue weighted by atomic mass is 9.44. The zero-order valence-electron chi connectivity index (χ0n) is 20.7. The SMILES string of the molecule is C[C@@H]1C[C@H]2[C@@H]3C[C@H](F)C4=CC(=O)C=C[C@]4(C)[C@@]3(F)[C@@H](O)C[C@]2(C)[C@@]1(OC(=O)c1ccsc1)C(=O)SCF. The van der Waals surface area contributed by atoms with E-state index in [1.54, 1.807) is 30.7 Å². The van der Waals surface area contributed by atoms with E-state index in [0.29, 0.717) is 11.8 Å². The molecule has 0 aromatic carbocycles. The minimum Gasteiger partial charge on any atom is -0.446 e. The fourth-order valence-corrected chi connectivity index (χ4v) is 9.38. The molecule has 4 aliphatic carbocycles. The van der Waals surface area contributed by atoms with Gasteiger partial charge in [-0.3, -0.25) is 9.59 Å². The summed E-state index contributed by atoms with van der Waals surface area (Å²) in [6.07, 6.45) is 0.0533. The molecule has 4 aliphatic rings. The van der Waals surface area contributed by atoms with Crippen molar-refractivity contribution in [1.29, 1.82) is 0 Å². The number of rotatable bonds is 4. The van der Waals surface area contributed by atoms with Crippen LogP contribution in [0.25, 0.3) is 0 Å². The summed E-state index contributed by atoms with van der Waals surface area (Å²) >= 11 is 1.66. The van der Waals surface area contributed by atoms with Gasteiger partial charge in [0.05, 0.1) is 11.7 Å². The van der Waals surface area contributed by atoms with Gasteiger partial charge in [0.15, 0.2) is 17.1 Å². The molecule has 1 aromatic rings. The molecule has 3 fully saturated rings. The van der Waals surface area contributed by atoms with E-state index in [9.17, 15) is 23.9 Å². The van der Waals surface area contributed by atoms with Crippen LogP contribution in [0.4, 0.5) is 13.2 Å². The molecule has 5 rings (SSSR count). The van der Waals surface area contributed by atoms with Crippen LogP contribution in [0.5, 0.6) is 0 Å². The quantitative estimate of drug-likeness (QED) is 0.503. The Kier molecular flexibility index (Phi) is 6.35. The number of alkyl halides is 3. The number of halogens is 3. The summed E-state index contributed by atoms with van der Waals surface area (Å²) < 4.78 is 52.5. The molecule has 37 heavy (non-hydrogen) atoms. The van der Waals surface area contributed by atoms with Crippen LogP contribution in [0, 0.1) is 28.6 Å². The first-order valence-electron chi connectivity index (χ1n) is 12.3. The monoisotopic (exact) mass is 554 g/mol. The van der Waals surface area contributed by atoms with Crippen molar-refractivity contribution in [3.63, 3.8) is 0 Å². The average molecular weight is 555 g/mol. The fraction of sp³-hybridized carbons (Fsp3) is 0.593. The molecular weight excluding hydrogens is 525 g/mol. The predicted molar refractivity (Wildman–Crippen MR) is 134 cm³/mol. The maximum absolute atomic E-state index is 17.4. The third kappa shape index (κ3) is 3.37. The number of thioether (sulfide) groups is 1. The summed E-state index contributed by atoms with van der Waals surface area (Å²) in [5, 5.41) is 14.1. The van der Waals surface area contributed by atoms with Crippen LogP contribution in [-0.4, -0.2) is 51.5 Å². The maximum atomic E-state index is 17.4. The minimum atomic E-state index is -2.33. The van der Waals surface area contributed by atoms with Gasteiger partial charge < -0.3 is 9.84 Å². The summed E-state index contributed by atoms with van der Waals surface area (Å²) in [5.74, 6) is -3.53. The van der Waals surface area contributed by atoms with E-state index in [4.69, 9.17) is 4.74 Å². The number of fused-ring (bicyclic) bond motifs is 5. The number of allylic oxidation sites excluding steroid dienone is 4. The molecule has 0 saturated heterocycles. The Morgan fingerprint density at radius 2 is 2.00 bits per heavy atom. The second-order valence-corrected chi connectivity index (χ2v) is 12.8. The Hall–Kier alpha value is -1.91. The van der Waals surface area contributed by atoms with Crippen LogP contribution in [0.1, 0.15) is 50.4 Å². The normalized spacial score (nSPS) is 44.5. The number of carbonyl (C=O) groups is 3. The predicted octanol–water partition coefficient (Wildman–Crippen LogP) is 5.40. The first kappa shape index (κ1) is 26.7. The van der Waals surface area contributed by atoms with Crippen LogP contribution < -0.4 is 0 Å². The molecule has 200 valence electrons. The van der Waals surface area contributed by atoms with E-state index in [-0.39, 0.29) is 30.4 Å². The van der Waals surface area contributed by atoms with Gasteiger partial charge in [-0.1, -0.05) is 19.9 Å². The maximum Gasteiger partial charge on any atom is 0.340 e. The van der Waals surface area contributed by atoms with Gasteiger partial charge in [0, 0.05) is 28.0 Å². The second-order valence-electron chi connectivity index (χ2n) is 11.2. The van der Waals surface area contributed by atoms with Crippen LogP contribution in [0.15, 0.2) is 40.6 Å². The largest absolute Gasteiger partial charge is 0.446 e. The van der Waals surface area contributed by atoms with Crippen LogP contribution in [0.3, 0.4) is 0 Å². The van der Waals surface area contributed by atoms with E-state index in [0.717, 1.165) is 6.08 Å². The van der Waals surface area contributed by atoms with Crippen molar-refractivity contribution in [2.24, 2.45) is 28.6 Å². The Morgan fingerprint density at radius 1 is 1.27 bits per heavy atom. The van der Waals surface area contributed by atoms with Crippen molar-refractivity contribution >= 4 is 40.0 Å². The van der Waals surface area contributed by atoms with Gasteiger partial charge >= 0.3 is 5.97 Å². The van der Waals surface area contributed by atoms with Gasteiger partial charge in [0.2, 0.25) is 5.12 Å². The summed E-state index contributed by atoms with van der Waals surface area (Å²) in [7, 11) is 0. The molecule has 1 aromatic heterocycles. The van der Waals surface area contributed by atoms with Crippen molar-refractivity contribution in [1.82, 2.24) is 0 Å². The molecule has 0 aliphatic heterocycles. The van der Waals surface area contributed by atoms with E-state index in [1.807, 2.05) is 0 Å². The van der Waals surface area contributed by atoms with Gasteiger partial charge in [0.25, 0.3) is 0 Å². The van der Waals surface area contributed by atoms with Crippen molar-refractivity contribution in [3.8, 4) is 0 Å². The highest BCUT2D eigenvalue weighted by Crippen LogP contribution is 2.72. The third-order valence-electron chi connectivity index (χ3n) is 9.67. The summed E-state index contributed by atoms with van der Waals surface area (Å²) in [5.41, 5.74) is -6.79. The zero-order valence-corrected chi connectivity index (χ0v) is 22.3. The number of thiophene rings is 1. The third-order valence-corrected chi connectivity index (χ3v) is 11.0. The number of esters is 1. The van der Waals surface area contributed by atoms with Crippen molar-refractivity contribution < 1.29 is 37.4 Å². The number of hydrogen-bond acceptors (Lipinski definition) is 7. The first-order valence-corrected chi connectivity index (χ1v) is 14.2. The molecule has 0 spiro atoms. The smallest absolute Gasteiger partial charge is 0.340 e. The molecular formula is C27H29F3O5S2. The van der Waals surface area contributed by atoms with Crippen LogP contribution in [-0.2, 0) is 14.3 Å². The van der Waals surface area contributed by atoms with Crippen molar-refractivity contribution in [2.75, 3.05) is 6.01 Å². The zero-order chi connectivity index (χ0) is 27.0. The van der Waals surface area contributed by atoms with E-state index >= 15 is 8.78 Å². The molecule has 0 amide bonds. The molecule has 3 saturated carbocycles. The Morgan fingerprint density at radius 3 is 2.65 bits per heavy atom. The van der Waals surface area contributed by atoms with Gasteiger partial charge in [0.1, 0.15) is 12.2 Å². The average Bonchev–Trinajstić information content (AvgIpc) is 3.45. The van der Waals surface area contributed by atoms with Crippen molar-refractivity contribution in [2.45, 2.75) is 63.6 Å². The van der Waals surface area contributed by atoms with E-state index in [1.165, 1.54) is 30.4 Å². The highest BCUT2D eigenvalue weighted by atomic mass is 32.2. The molecule has 9 atom stereocenters. The lowest BCUT2D eigenvalue weighted by molar-refractivity contribution is -0.221. The van der Waals surface area contributed by atoms with Crippen molar-refractivity contribution in [3.05, 3.63) is 46.2 Å². The van der Waals surface area contributed by atoms with Gasteiger partial charge in [-0.15, -0.1) is 0 Å². The van der Waals surface area contributed by atoms with Crippen LogP contribution in [0.2, 0.25) is 0 Å². The number of ketones is 1. The van der Waals surface area contributed by atoms with Gasteiger partial charge in [-0.05, 0) is 73.0 Å². The van der Waals surface area contributed by atoms with E-state index < -0.39 is 75.0 Å². The summed E-state index contributed by atoms with van der Waals surface area (Å²) in [6.45, 7) is 4.87. The summed E-state index contributed by atoms with van der Waals surface area (Å²) in [4.78, 5) is 38.8.